The van der Waals surface area contributed by atoms with Gasteiger partial charge in [-0.05, 0) is 36.0 Å². The number of likely N-dealkylation sites (tertiary alicyclic amines) is 1. The van der Waals surface area contributed by atoms with Crippen molar-refractivity contribution < 1.29 is 9.47 Å². The molecular weight excluding hydrogens is 372 g/mol. The largest absolute Gasteiger partial charge is 0.497 e. The van der Waals surface area contributed by atoms with Crippen LogP contribution in [0.25, 0.3) is 0 Å². The maximum Gasteiger partial charge on any atom is 0.120 e. The highest BCUT2D eigenvalue weighted by molar-refractivity contribution is 5.52. The number of anilines is 1. The standard InChI is InChI=1S/C26H38N2O2/c1-26(2,3)21-30-18-15-25(27-16-8-9-17-27)28(20-22-11-6-5-7-12-22)23-13-10-14-24(19-23)29-4/h5-7,10-14,19,25H,8-9,15-18,20-21H2,1-4H3. The Labute approximate surface area is 182 Å². The zero-order chi connectivity index (χ0) is 21.4. The number of benzene rings is 2. The second-order valence-corrected chi connectivity index (χ2v) is 9.44. The summed E-state index contributed by atoms with van der Waals surface area (Å²) in [5.74, 6) is 0.898. The lowest BCUT2D eigenvalue weighted by molar-refractivity contribution is 0.0548. The molecule has 3 rings (SSSR count). The van der Waals surface area contributed by atoms with E-state index in [2.05, 4.69) is 79.1 Å². The van der Waals surface area contributed by atoms with E-state index in [4.69, 9.17) is 9.47 Å². The SMILES string of the molecule is COc1cccc(N(Cc2ccccc2)C(CCOCC(C)(C)C)N2CCCC2)c1. The molecule has 164 valence electrons. The molecule has 4 nitrogen and oxygen atoms in total. The Balaban J connectivity index is 1.84. The lowest BCUT2D eigenvalue weighted by atomic mass is 9.99. The number of rotatable bonds is 10. The molecule has 1 atom stereocenters. The molecule has 30 heavy (non-hydrogen) atoms. The monoisotopic (exact) mass is 410 g/mol. The average molecular weight is 411 g/mol. The van der Waals surface area contributed by atoms with Crippen LogP contribution in [0, 0.1) is 5.41 Å². The van der Waals surface area contributed by atoms with Crippen molar-refractivity contribution in [2.24, 2.45) is 5.41 Å². The van der Waals surface area contributed by atoms with Crippen LogP contribution in [0.2, 0.25) is 0 Å². The third-order valence-corrected chi connectivity index (χ3v) is 5.56. The Morgan fingerprint density at radius 3 is 2.40 bits per heavy atom. The first-order valence-electron chi connectivity index (χ1n) is 11.2. The normalized spacial score (nSPS) is 15.9. The van der Waals surface area contributed by atoms with Gasteiger partial charge in [-0.15, -0.1) is 0 Å². The van der Waals surface area contributed by atoms with Crippen molar-refractivity contribution in [2.75, 3.05) is 38.3 Å². The van der Waals surface area contributed by atoms with Crippen LogP contribution >= 0.6 is 0 Å². The molecule has 1 aliphatic heterocycles. The summed E-state index contributed by atoms with van der Waals surface area (Å²) in [6.07, 6.45) is 3.84. The highest BCUT2D eigenvalue weighted by Gasteiger charge is 2.28. The van der Waals surface area contributed by atoms with Gasteiger partial charge in [0.2, 0.25) is 0 Å². The molecule has 0 spiro atoms. The van der Waals surface area contributed by atoms with Crippen molar-refractivity contribution in [3.05, 3.63) is 60.2 Å². The van der Waals surface area contributed by atoms with Gasteiger partial charge < -0.3 is 14.4 Å². The van der Waals surface area contributed by atoms with Crippen LogP contribution in [0.3, 0.4) is 0 Å². The minimum atomic E-state index is 0.194. The number of hydrogen-bond acceptors (Lipinski definition) is 4. The third-order valence-electron chi connectivity index (χ3n) is 5.56. The Kier molecular flexibility index (Phi) is 8.17. The summed E-state index contributed by atoms with van der Waals surface area (Å²) >= 11 is 0. The summed E-state index contributed by atoms with van der Waals surface area (Å²) in [7, 11) is 1.74. The molecule has 0 radical (unpaired) electrons. The van der Waals surface area contributed by atoms with Gasteiger partial charge in [-0.25, -0.2) is 0 Å². The molecule has 1 saturated heterocycles. The molecule has 0 aliphatic carbocycles. The molecule has 1 aliphatic rings. The lowest BCUT2D eigenvalue weighted by Crippen LogP contribution is -2.48. The Bertz CT molecular complexity index is 751. The molecule has 1 fully saturated rings. The van der Waals surface area contributed by atoms with E-state index in [0.717, 1.165) is 45.0 Å². The molecule has 1 heterocycles. The van der Waals surface area contributed by atoms with Crippen LogP contribution in [0.15, 0.2) is 54.6 Å². The zero-order valence-electron chi connectivity index (χ0n) is 19.1. The van der Waals surface area contributed by atoms with Gasteiger partial charge in [0.05, 0.1) is 19.9 Å². The molecule has 0 N–H and O–H groups in total. The smallest absolute Gasteiger partial charge is 0.120 e. The van der Waals surface area contributed by atoms with Crippen LogP contribution < -0.4 is 9.64 Å². The Morgan fingerprint density at radius 2 is 1.73 bits per heavy atom. The van der Waals surface area contributed by atoms with Crippen LogP contribution in [-0.2, 0) is 11.3 Å². The highest BCUT2D eigenvalue weighted by atomic mass is 16.5. The minimum absolute atomic E-state index is 0.194. The fraction of sp³-hybridized carbons (Fsp3) is 0.538. The van der Waals surface area contributed by atoms with Crippen molar-refractivity contribution >= 4 is 5.69 Å². The van der Waals surface area contributed by atoms with Crippen LogP contribution in [-0.4, -0.2) is 44.5 Å². The maximum absolute atomic E-state index is 6.09. The summed E-state index contributed by atoms with van der Waals surface area (Å²) in [6, 6.07) is 19.2. The maximum atomic E-state index is 6.09. The van der Waals surface area contributed by atoms with E-state index < -0.39 is 0 Å². The molecule has 0 aromatic heterocycles. The molecule has 1 unspecified atom stereocenters. The lowest BCUT2D eigenvalue weighted by Gasteiger charge is -2.40. The summed E-state index contributed by atoms with van der Waals surface area (Å²) < 4.78 is 11.6. The molecular formula is C26H38N2O2. The Morgan fingerprint density at radius 1 is 1.00 bits per heavy atom. The predicted octanol–water partition coefficient (Wildman–Crippen LogP) is 5.58. The van der Waals surface area contributed by atoms with Gasteiger partial charge in [-0.3, -0.25) is 4.90 Å². The first-order chi connectivity index (χ1) is 14.5. The predicted molar refractivity (Wildman–Crippen MR) is 125 cm³/mol. The van der Waals surface area contributed by atoms with Crippen molar-refractivity contribution in [3.8, 4) is 5.75 Å². The number of methoxy groups -OCH3 is 1. The van der Waals surface area contributed by atoms with E-state index in [1.54, 1.807) is 7.11 Å². The topological polar surface area (TPSA) is 24.9 Å². The van der Waals surface area contributed by atoms with Gasteiger partial charge in [-0.1, -0.05) is 57.2 Å². The van der Waals surface area contributed by atoms with Crippen LogP contribution in [0.4, 0.5) is 5.69 Å². The van der Waals surface area contributed by atoms with Crippen LogP contribution in [0.1, 0.15) is 45.6 Å². The van der Waals surface area contributed by atoms with Gasteiger partial charge in [0, 0.05) is 44.4 Å². The quantitative estimate of drug-likeness (QED) is 0.478. The summed E-state index contributed by atoms with van der Waals surface area (Å²) in [6.45, 7) is 11.4. The molecule has 2 aromatic carbocycles. The van der Waals surface area contributed by atoms with E-state index in [1.165, 1.54) is 24.1 Å². The highest BCUT2D eigenvalue weighted by Crippen LogP contribution is 2.29. The summed E-state index contributed by atoms with van der Waals surface area (Å²) in [4.78, 5) is 5.16. The van der Waals surface area contributed by atoms with E-state index in [-0.39, 0.29) is 5.41 Å². The van der Waals surface area contributed by atoms with Crippen molar-refractivity contribution in [1.82, 2.24) is 4.90 Å². The fourth-order valence-electron chi connectivity index (χ4n) is 4.08. The van der Waals surface area contributed by atoms with Crippen LogP contribution in [0.5, 0.6) is 5.75 Å². The van der Waals surface area contributed by atoms with E-state index in [0.29, 0.717) is 6.17 Å². The fourth-order valence-corrected chi connectivity index (χ4v) is 4.08. The number of hydrogen-bond donors (Lipinski definition) is 0. The molecule has 0 amide bonds. The third kappa shape index (κ3) is 6.75. The summed E-state index contributed by atoms with van der Waals surface area (Å²) in [5.41, 5.74) is 2.71. The van der Waals surface area contributed by atoms with E-state index >= 15 is 0 Å². The zero-order valence-corrected chi connectivity index (χ0v) is 19.1. The van der Waals surface area contributed by atoms with Gasteiger partial charge in [0.15, 0.2) is 0 Å². The van der Waals surface area contributed by atoms with Gasteiger partial charge in [0.25, 0.3) is 0 Å². The first-order valence-corrected chi connectivity index (χ1v) is 11.2. The molecule has 0 saturated carbocycles. The van der Waals surface area contributed by atoms with E-state index in [1.807, 2.05) is 6.07 Å². The molecule has 2 aromatic rings. The van der Waals surface area contributed by atoms with Crippen molar-refractivity contribution in [3.63, 3.8) is 0 Å². The van der Waals surface area contributed by atoms with Gasteiger partial charge >= 0.3 is 0 Å². The first kappa shape index (κ1) is 22.6. The molecule has 4 heteroatoms. The Hall–Kier alpha value is -2.04. The minimum Gasteiger partial charge on any atom is -0.497 e. The number of ether oxygens (including phenoxy) is 2. The van der Waals surface area contributed by atoms with Crippen molar-refractivity contribution in [1.29, 1.82) is 0 Å². The second kappa shape index (κ2) is 10.8. The van der Waals surface area contributed by atoms with Gasteiger partial charge in [0.1, 0.15) is 5.75 Å². The van der Waals surface area contributed by atoms with E-state index in [9.17, 15) is 0 Å². The molecule has 0 bridgehead atoms. The second-order valence-electron chi connectivity index (χ2n) is 9.44. The van der Waals surface area contributed by atoms with Gasteiger partial charge in [-0.2, -0.15) is 0 Å². The number of nitrogens with zero attached hydrogens (tertiary/aromatic N) is 2. The van der Waals surface area contributed by atoms with Crippen molar-refractivity contribution in [2.45, 2.75) is 52.7 Å². The average Bonchev–Trinajstić information content (AvgIpc) is 3.27. The summed E-state index contributed by atoms with van der Waals surface area (Å²) in [5, 5.41) is 0.